The largest absolute Gasteiger partial charge is 0.493 e. The van der Waals surface area contributed by atoms with Crippen LogP contribution >= 0.6 is 0 Å². The third-order valence-corrected chi connectivity index (χ3v) is 6.04. The number of aryl methyl sites for hydroxylation is 1. The van der Waals surface area contributed by atoms with E-state index in [2.05, 4.69) is 5.32 Å². The molecule has 0 radical (unpaired) electrons. The van der Waals surface area contributed by atoms with Crippen molar-refractivity contribution in [3.63, 3.8) is 0 Å². The minimum atomic E-state index is -0.488. The lowest BCUT2D eigenvalue weighted by Crippen LogP contribution is -2.47. The van der Waals surface area contributed by atoms with Gasteiger partial charge in [-0.1, -0.05) is 42.0 Å². The van der Waals surface area contributed by atoms with E-state index in [9.17, 15) is 9.59 Å². The molecule has 2 amide bonds. The first kappa shape index (κ1) is 22.4. The normalized spacial score (nSPS) is 18.0. The predicted octanol–water partition coefficient (Wildman–Crippen LogP) is 5.14. The number of anilines is 2. The molecule has 0 aliphatic carbocycles. The van der Waals surface area contributed by atoms with Crippen molar-refractivity contribution in [2.75, 3.05) is 24.4 Å². The summed E-state index contributed by atoms with van der Waals surface area (Å²) < 4.78 is 10.9. The first-order valence-corrected chi connectivity index (χ1v) is 11.0. The van der Waals surface area contributed by atoms with Gasteiger partial charge < -0.3 is 19.7 Å². The highest BCUT2D eigenvalue weighted by atomic mass is 16.5. The van der Waals surface area contributed by atoms with E-state index in [4.69, 9.17) is 9.47 Å². The van der Waals surface area contributed by atoms with Crippen LogP contribution in [0.2, 0.25) is 0 Å². The van der Waals surface area contributed by atoms with Gasteiger partial charge in [0.1, 0.15) is 0 Å². The summed E-state index contributed by atoms with van der Waals surface area (Å²) in [6, 6.07) is 22.3. The number of amides is 2. The number of hydrogen-bond donors (Lipinski definition) is 1. The molecular formula is C27H28N2O4. The summed E-state index contributed by atoms with van der Waals surface area (Å²) in [4.78, 5) is 28.4. The molecule has 3 aromatic carbocycles. The molecule has 0 spiro atoms. The number of rotatable bonds is 6. The van der Waals surface area contributed by atoms with Gasteiger partial charge in [-0.15, -0.1) is 0 Å². The van der Waals surface area contributed by atoms with Crippen LogP contribution in [0.25, 0.3) is 0 Å². The maximum absolute atomic E-state index is 13.5. The van der Waals surface area contributed by atoms with Gasteiger partial charge in [0.15, 0.2) is 11.5 Å². The lowest BCUT2D eigenvalue weighted by molar-refractivity contribution is -0.125. The fraction of sp³-hybridized carbons (Fsp3) is 0.259. The Morgan fingerprint density at radius 2 is 1.64 bits per heavy atom. The molecule has 1 fully saturated rings. The van der Waals surface area contributed by atoms with Crippen LogP contribution in [0.4, 0.5) is 11.4 Å². The van der Waals surface area contributed by atoms with Crippen LogP contribution in [-0.2, 0) is 9.59 Å². The van der Waals surface area contributed by atoms with E-state index in [-0.39, 0.29) is 11.8 Å². The van der Waals surface area contributed by atoms with Crippen molar-refractivity contribution in [1.29, 1.82) is 0 Å². The van der Waals surface area contributed by atoms with Crippen molar-refractivity contribution >= 4 is 23.2 Å². The Balaban J connectivity index is 1.78. The monoisotopic (exact) mass is 444 g/mol. The molecule has 1 heterocycles. The number of benzene rings is 3. The van der Waals surface area contributed by atoms with Crippen LogP contribution in [0.3, 0.4) is 0 Å². The van der Waals surface area contributed by atoms with Crippen molar-refractivity contribution in [1.82, 2.24) is 0 Å². The second-order valence-electron chi connectivity index (χ2n) is 8.16. The summed E-state index contributed by atoms with van der Waals surface area (Å²) in [6.45, 7) is 2.00. The Bertz CT molecular complexity index is 1130. The molecule has 4 rings (SSSR count). The van der Waals surface area contributed by atoms with Gasteiger partial charge in [-0.25, -0.2) is 0 Å². The first-order valence-electron chi connectivity index (χ1n) is 11.0. The van der Waals surface area contributed by atoms with Crippen LogP contribution in [0.1, 0.15) is 30.0 Å². The fourth-order valence-corrected chi connectivity index (χ4v) is 4.35. The zero-order valence-corrected chi connectivity index (χ0v) is 19.1. The fourth-order valence-electron chi connectivity index (χ4n) is 4.35. The molecule has 3 aromatic rings. The molecule has 2 atom stereocenters. The van der Waals surface area contributed by atoms with E-state index in [0.717, 1.165) is 22.5 Å². The lowest BCUT2D eigenvalue weighted by Gasteiger charge is -2.41. The Hall–Kier alpha value is -3.80. The van der Waals surface area contributed by atoms with Crippen molar-refractivity contribution in [3.05, 3.63) is 83.9 Å². The second-order valence-corrected chi connectivity index (χ2v) is 8.16. The SMILES string of the molecule is COc1ccc([C@H]2[C@H](C(=O)Nc3ccccc3)CCC(=O)N2c2ccc(C)cc2)cc1OC. The van der Waals surface area contributed by atoms with Gasteiger partial charge in [-0.2, -0.15) is 0 Å². The summed E-state index contributed by atoms with van der Waals surface area (Å²) in [5.41, 5.74) is 3.41. The van der Waals surface area contributed by atoms with Gasteiger partial charge in [-0.05, 0) is 55.3 Å². The number of nitrogens with zero attached hydrogens (tertiary/aromatic N) is 1. The molecule has 1 aliphatic rings. The van der Waals surface area contributed by atoms with E-state index >= 15 is 0 Å². The summed E-state index contributed by atoms with van der Waals surface area (Å²) >= 11 is 0. The molecule has 0 unspecified atom stereocenters. The van der Waals surface area contributed by atoms with Crippen LogP contribution in [0.15, 0.2) is 72.8 Å². The number of para-hydroxylation sites is 1. The number of hydrogen-bond acceptors (Lipinski definition) is 4. The van der Waals surface area contributed by atoms with E-state index < -0.39 is 12.0 Å². The summed E-state index contributed by atoms with van der Waals surface area (Å²) in [5.74, 6) is 0.574. The van der Waals surface area contributed by atoms with Crippen molar-refractivity contribution in [2.45, 2.75) is 25.8 Å². The van der Waals surface area contributed by atoms with Crippen molar-refractivity contribution < 1.29 is 19.1 Å². The lowest BCUT2D eigenvalue weighted by atomic mass is 9.83. The molecule has 1 aliphatic heterocycles. The highest BCUT2D eigenvalue weighted by molar-refractivity contribution is 6.00. The number of ether oxygens (including phenoxy) is 2. The van der Waals surface area contributed by atoms with E-state index in [0.29, 0.717) is 24.3 Å². The zero-order valence-electron chi connectivity index (χ0n) is 19.1. The molecule has 1 N–H and O–H groups in total. The van der Waals surface area contributed by atoms with Crippen molar-refractivity contribution in [3.8, 4) is 11.5 Å². The third kappa shape index (κ3) is 4.70. The predicted molar refractivity (Wildman–Crippen MR) is 129 cm³/mol. The zero-order chi connectivity index (χ0) is 23.4. The highest BCUT2D eigenvalue weighted by Gasteiger charge is 2.41. The second kappa shape index (κ2) is 9.77. The molecule has 0 bridgehead atoms. The number of carbonyl (C=O) groups excluding carboxylic acids is 2. The van der Waals surface area contributed by atoms with Gasteiger partial charge in [0.05, 0.1) is 26.2 Å². The molecule has 170 valence electrons. The molecule has 0 saturated carbocycles. The number of nitrogens with one attached hydrogen (secondary N) is 1. The Labute approximate surface area is 194 Å². The van der Waals surface area contributed by atoms with Gasteiger partial charge in [-0.3, -0.25) is 9.59 Å². The summed E-state index contributed by atoms with van der Waals surface area (Å²) in [5, 5.41) is 3.03. The molecule has 6 nitrogen and oxygen atoms in total. The Kier molecular flexibility index (Phi) is 6.63. The minimum Gasteiger partial charge on any atom is -0.493 e. The molecule has 1 saturated heterocycles. The van der Waals surface area contributed by atoms with E-state index in [1.54, 1.807) is 19.1 Å². The van der Waals surface area contributed by atoms with Crippen LogP contribution in [0, 0.1) is 12.8 Å². The summed E-state index contributed by atoms with van der Waals surface area (Å²) in [7, 11) is 3.15. The standard InChI is InChI=1S/C27H28N2O4/c1-18-9-12-21(13-10-18)29-25(30)16-14-22(27(31)28-20-7-5-4-6-8-20)26(29)19-11-15-23(32-2)24(17-19)33-3/h4-13,15,17,22,26H,14,16H2,1-3H3,(H,28,31)/t22-,26+/m1/s1. The third-order valence-electron chi connectivity index (χ3n) is 6.04. The number of piperidine rings is 1. The average molecular weight is 445 g/mol. The van der Waals surface area contributed by atoms with Crippen LogP contribution in [0.5, 0.6) is 11.5 Å². The average Bonchev–Trinajstić information content (AvgIpc) is 2.84. The van der Waals surface area contributed by atoms with E-state index in [1.165, 1.54) is 0 Å². The van der Waals surface area contributed by atoms with Crippen LogP contribution in [-0.4, -0.2) is 26.0 Å². The molecule has 6 heteroatoms. The van der Waals surface area contributed by atoms with Crippen molar-refractivity contribution in [2.24, 2.45) is 5.92 Å². The number of methoxy groups -OCH3 is 2. The Morgan fingerprint density at radius 1 is 0.939 bits per heavy atom. The van der Waals surface area contributed by atoms with Crippen LogP contribution < -0.4 is 19.7 Å². The molecular weight excluding hydrogens is 416 g/mol. The maximum atomic E-state index is 13.5. The smallest absolute Gasteiger partial charge is 0.229 e. The van der Waals surface area contributed by atoms with Gasteiger partial charge in [0.25, 0.3) is 0 Å². The molecule has 33 heavy (non-hydrogen) atoms. The minimum absolute atomic E-state index is 0.0117. The first-order chi connectivity index (χ1) is 16.0. The van der Waals surface area contributed by atoms with E-state index in [1.807, 2.05) is 79.7 Å². The maximum Gasteiger partial charge on any atom is 0.229 e. The van der Waals surface area contributed by atoms with Gasteiger partial charge in [0, 0.05) is 17.8 Å². The summed E-state index contributed by atoms with van der Waals surface area (Å²) in [6.07, 6.45) is 0.753. The number of carbonyl (C=O) groups is 2. The van der Waals surface area contributed by atoms with Gasteiger partial charge >= 0.3 is 0 Å². The Morgan fingerprint density at radius 3 is 2.30 bits per heavy atom. The topological polar surface area (TPSA) is 67.9 Å². The van der Waals surface area contributed by atoms with Gasteiger partial charge in [0.2, 0.25) is 11.8 Å². The highest BCUT2D eigenvalue weighted by Crippen LogP contribution is 2.42. The quantitative estimate of drug-likeness (QED) is 0.572. The molecule has 0 aromatic heterocycles.